The lowest BCUT2D eigenvalue weighted by atomic mass is 10.1. The summed E-state index contributed by atoms with van der Waals surface area (Å²) in [5.74, 6) is 0.681. The highest BCUT2D eigenvalue weighted by Gasteiger charge is 2.14. The zero-order valence-corrected chi connectivity index (χ0v) is 6.47. The minimum atomic E-state index is 0.174. The fourth-order valence-electron chi connectivity index (χ4n) is 0.842. The smallest absolute Gasteiger partial charge is 0.0985 e. The van der Waals surface area contributed by atoms with Crippen LogP contribution in [0.25, 0.3) is 0 Å². The van der Waals surface area contributed by atoms with Crippen molar-refractivity contribution in [2.75, 3.05) is 12.5 Å². The average molecular weight is 167 g/mol. The van der Waals surface area contributed by atoms with Gasteiger partial charge in [-0.2, -0.15) is 0 Å². The van der Waals surface area contributed by atoms with Crippen LogP contribution in [-0.4, -0.2) is 18.6 Å². The molecule has 1 aliphatic rings. The van der Waals surface area contributed by atoms with Gasteiger partial charge in [0.25, 0.3) is 0 Å². The molecule has 3 nitrogen and oxygen atoms in total. The van der Waals surface area contributed by atoms with Crippen molar-refractivity contribution >= 4 is 11.6 Å². The van der Waals surface area contributed by atoms with E-state index in [1.54, 1.807) is 0 Å². The van der Waals surface area contributed by atoms with Crippen molar-refractivity contribution in [1.82, 2.24) is 0 Å². The molecule has 10 heavy (non-hydrogen) atoms. The molecule has 0 amide bonds. The van der Waals surface area contributed by atoms with Gasteiger partial charge in [0.2, 0.25) is 0 Å². The average Bonchev–Trinajstić information content (AvgIpc) is 2.03. The maximum absolute atomic E-state index is 5.49. The molecule has 0 aromatic heterocycles. The number of rotatable bonds is 3. The Labute approximate surface area is 65.1 Å². The lowest BCUT2D eigenvalue weighted by Gasteiger charge is -2.18. The monoisotopic (exact) mass is 166 g/mol. The Morgan fingerprint density at radius 3 is 3.00 bits per heavy atom. The van der Waals surface area contributed by atoms with E-state index in [0.717, 1.165) is 19.3 Å². The standard InChI is InChI=1S/C6H11ClO3/c7-4-1-2-6-3-5-8-10-9-6/h6H,1-5H2. The van der Waals surface area contributed by atoms with E-state index in [2.05, 4.69) is 9.93 Å². The Morgan fingerprint density at radius 2 is 2.40 bits per heavy atom. The molecule has 0 spiro atoms. The lowest BCUT2D eigenvalue weighted by Crippen LogP contribution is -2.21. The van der Waals surface area contributed by atoms with Crippen molar-refractivity contribution in [3.05, 3.63) is 0 Å². The number of halogens is 1. The summed E-state index contributed by atoms with van der Waals surface area (Å²) in [4.78, 5) is 9.32. The maximum Gasteiger partial charge on any atom is 0.0985 e. The van der Waals surface area contributed by atoms with E-state index < -0.39 is 0 Å². The Balaban J connectivity index is 2.02. The summed E-state index contributed by atoms with van der Waals surface area (Å²) in [6.07, 6.45) is 2.99. The molecule has 60 valence electrons. The molecule has 0 aromatic carbocycles. The molecule has 1 rings (SSSR count). The van der Waals surface area contributed by atoms with Crippen molar-refractivity contribution < 1.29 is 14.8 Å². The minimum absolute atomic E-state index is 0.174. The fourth-order valence-corrected chi connectivity index (χ4v) is 0.997. The summed E-state index contributed by atoms with van der Waals surface area (Å²) in [5.41, 5.74) is 0. The highest BCUT2D eigenvalue weighted by molar-refractivity contribution is 6.17. The molecule has 1 heterocycles. The molecule has 0 aliphatic carbocycles. The fraction of sp³-hybridized carbons (Fsp3) is 1.00. The van der Waals surface area contributed by atoms with E-state index in [0.29, 0.717) is 12.5 Å². The van der Waals surface area contributed by atoms with Crippen LogP contribution >= 0.6 is 11.6 Å². The largest absolute Gasteiger partial charge is 0.206 e. The predicted molar refractivity (Wildman–Crippen MR) is 36.5 cm³/mol. The normalized spacial score (nSPS) is 26.7. The zero-order chi connectivity index (χ0) is 7.23. The molecular formula is C6H11ClO3. The van der Waals surface area contributed by atoms with Gasteiger partial charge >= 0.3 is 0 Å². The Bertz CT molecular complexity index is 83.1. The van der Waals surface area contributed by atoms with Crippen LogP contribution in [0.5, 0.6) is 0 Å². The second-order valence-corrected chi connectivity index (χ2v) is 2.61. The van der Waals surface area contributed by atoms with Crippen molar-refractivity contribution in [2.45, 2.75) is 25.4 Å². The van der Waals surface area contributed by atoms with Crippen LogP contribution in [0.3, 0.4) is 0 Å². The van der Waals surface area contributed by atoms with Crippen LogP contribution in [0, 0.1) is 0 Å². The first-order valence-corrected chi connectivity index (χ1v) is 3.98. The van der Waals surface area contributed by atoms with Crippen LogP contribution in [-0.2, 0) is 14.8 Å². The first-order valence-electron chi connectivity index (χ1n) is 3.44. The van der Waals surface area contributed by atoms with E-state index in [1.807, 2.05) is 0 Å². The van der Waals surface area contributed by atoms with E-state index >= 15 is 0 Å². The molecule has 4 heteroatoms. The summed E-state index contributed by atoms with van der Waals surface area (Å²) in [7, 11) is 0. The van der Waals surface area contributed by atoms with Gasteiger partial charge in [0.15, 0.2) is 0 Å². The van der Waals surface area contributed by atoms with Gasteiger partial charge in [-0.3, -0.25) is 0 Å². The molecule has 0 N–H and O–H groups in total. The number of hydrogen-bond donors (Lipinski definition) is 0. The first-order chi connectivity index (χ1) is 4.93. The Morgan fingerprint density at radius 1 is 1.50 bits per heavy atom. The van der Waals surface area contributed by atoms with Gasteiger partial charge in [0.1, 0.15) is 0 Å². The van der Waals surface area contributed by atoms with Gasteiger partial charge in [0.05, 0.1) is 12.7 Å². The van der Waals surface area contributed by atoms with Crippen molar-refractivity contribution in [3.8, 4) is 0 Å². The van der Waals surface area contributed by atoms with Crippen molar-refractivity contribution in [1.29, 1.82) is 0 Å². The Kier molecular flexibility index (Phi) is 4.06. The molecule has 0 radical (unpaired) electrons. The summed E-state index contributed by atoms with van der Waals surface area (Å²) >= 11 is 5.49. The Hall–Kier alpha value is 0.170. The third kappa shape index (κ3) is 2.84. The van der Waals surface area contributed by atoms with E-state index in [1.165, 1.54) is 0 Å². The number of alkyl halides is 1. The predicted octanol–water partition coefficient (Wildman–Crippen LogP) is 1.66. The molecule has 1 aliphatic heterocycles. The van der Waals surface area contributed by atoms with Gasteiger partial charge in [0, 0.05) is 12.3 Å². The van der Waals surface area contributed by atoms with Crippen LogP contribution < -0.4 is 0 Å². The highest BCUT2D eigenvalue weighted by atomic mass is 35.5. The summed E-state index contributed by atoms with van der Waals surface area (Å²) in [6, 6.07) is 0. The molecular weight excluding hydrogens is 156 g/mol. The van der Waals surface area contributed by atoms with Crippen molar-refractivity contribution in [2.24, 2.45) is 0 Å². The van der Waals surface area contributed by atoms with Gasteiger partial charge in [-0.05, 0) is 12.8 Å². The van der Waals surface area contributed by atoms with Gasteiger partial charge in [-0.25, -0.2) is 9.78 Å². The molecule has 0 saturated carbocycles. The van der Waals surface area contributed by atoms with Gasteiger partial charge < -0.3 is 0 Å². The lowest BCUT2D eigenvalue weighted by molar-refractivity contribution is -0.549. The summed E-state index contributed by atoms with van der Waals surface area (Å²) in [5, 5.41) is 4.34. The van der Waals surface area contributed by atoms with Crippen LogP contribution in [0.1, 0.15) is 19.3 Å². The van der Waals surface area contributed by atoms with E-state index in [9.17, 15) is 0 Å². The first kappa shape index (κ1) is 8.27. The highest BCUT2D eigenvalue weighted by Crippen LogP contribution is 2.12. The third-order valence-electron chi connectivity index (χ3n) is 1.41. The maximum atomic E-state index is 5.49. The molecule has 1 saturated heterocycles. The SMILES string of the molecule is ClCCCC1CCOOO1. The van der Waals surface area contributed by atoms with Crippen LogP contribution in [0.2, 0.25) is 0 Å². The van der Waals surface area contributed by atoms with Crippen molar-refractivity contribution in [3.63, 3.8) is 0 Å². The third-order valence-corrected chi connectivity index (χ3v) is 1.67. The molecule has 1 atom stereocenters. The topological polar surface area (TPSA) is 27.7 Å². The molecule has 0 aromatic rings. The summed E-state index contributed by atoms with van der Waals surface area (Å²) in [6.45, 7) is 0.618. The number of hydrogen-bond acceptors (Lipinski definition) is 3. The minimum Gasteiger partial charge on any atom is -0.206 e. The molecule has 0 bridgehead atoms. The van der Waals surface area contributed by atoms with Gasteiger partial charge in [-0.15, -0.1) is 11.6 Å². The van der Waals surface area contributed by atoms with Crippen LogP contribution in [0.15, 0.2) is 0 Å². The van der Waals surface area contributed by atoms with E-state index in [4.69, 9.17) is 16.5 Å². The van der Waals surface area contributed by atoms with E-state index in [-0.39, 0.29) is 6.10 Å². The second-order valence-electron chi connectivity index (χ2n) is 2.23. The quantitative estimate of drug-likeness (QED) is 0.472. The zero-order valence-electron chi connectivity index (χ0n) is 5.72. The van der Waals surface area contributed by atoms with Crippen LogP contribution in [0.4, 0.5) is 0 Å². The second kappa shape index (κ2) is 4.91. The molecule has 1 unspecified atom stereocenters. The summed E-state index contributed by atoms with van der Waals surface area (Å²) < 4.78 is 0. The molecule has 1 fully saturated rings. The van der Waals surface area contributed by atoms with Gasteiger partial charge in [-0.1, -0.05) is 5.04 Å².